The maximum absolute atomic E-state index is 12.4. The number of amides is 2. The molecule has 0 aliphatic carbocycles. The van der Waals surface area contributed by atoms with Crippen molar-refractivity contribution in [1.29, 1.82) is 0 Å². The Morgan fingerprint density at radius 3 is 2.52 bits per heavy atom. The van der Waals surface area contributed by atoms with Gasteiger partial charge in [0.2, 0.25) is 11.8 Å². The summed E-state index contributed by atoms with van der Waals surface area (Å²) in [5.41, 5.74) is 0. The average molecular weight is 306 g/mol. The summed E-state index contributed by atoms with van der Waals surface area (Å²) in [5.74, 6) is -0.390. The summed E-state index contributed by atoms with van der Waals surface area (Å²) in [6, 6.07) is -1.09. The van der Waals surface area contributed by atoms with Crippen LogP contribution in [-0.2, 0) is 14.3 Å². The van der Waals surface area contributed by atoms with Crippen LogP contribution in [-0.4, -0.2) is 55.0 Å². The molecule has 0 spiro atoms. The van der Waals surface area contributed by atoms with E-state index in [1.54, 1.807) is 0 Å². The smallest absolute Gasteiger partial charge is 0.261 e. The summed E-state index contributed by atoms with van der Waals surface area (Å²) in [6.45, 7) is 5.14. The Morgan fingerprint density at radius 2 is 2.00 bits per heavy atom. The highest BCUT2D eigenvalue weighted by molar-refractivity contribution is 5.97. The van der Waals surface area contributed by atoms with Crippen LogP contribution in [0.5, 0.6) is 0 Å². The van der Waals surface area contributed by atoms with Crippen molar-refractivity contribution in [2.75, 3.05) is 19.8 Å². The molecule has 2 atom stereocenters. The lowest BCUT2D eigenvalue weighted by molar-refractivity contribution is -0.152. The van der Waals surface area contributed by atoms with E-state index in [9.17, 15) is 18.4 Å². The van der Waals surface area contributed by atoms with Crippen LogP contribution in [0.3, 0.4) is 0 Å². The molecule has 1 aliphatic rings. The maximum atomic E-state index is 12.4. The number of halogens is 2. The predicted molar refractivity (Wildman–Crippen MR) is 74.0 cm³/mol. The van der Waals surface area contributed by atoms with Gasteiger partial charge >= 0.3 is 0 Å². The number of nitrogens with one attached hydrogen (secondary N) is 1. The van der Waals surface area contributed by atoms with Gasteiger partial charge in [-0.05, 0) is 12.3 Å². The molecule has 122 valence electrons. The second kappa shape index (κ2) is 8.26. The molecular weight excluding hydrogens is 282 g/mol. The van der Waals surface area contributed by atoms with Crippen LogP contribution < -0.4 is 5.32 Å². The quantitative estimate of drug-likeness (QED) is 0.690. The SMILES string of the molecule is CCCC1NC(=O)C(C(C)C)N(CCOCC(F)F)C1=O. The second-order valence-electron chi connectivity index (χ2n) is 5.54. The zero-order valence-corrected chi connectivity index (χ0v) is 12.8. The molecule has 1 aliphatic heterocycles. The molecule has 1 N–H and O–H groups in total. The Balaban J connectivity index is 2.70. The van der Waals surface area contributed by atoms with E-state index in [2.05, 4.69) is 5.32 Å². The summed E-state index contributed by atoms with van der Waals surface area (Å²) < 4.78 is 28.9. The van der Waals surface area contributed by atoms with Gasteiger partial charge in [0.15, 0.2) is 0 Å². The number of rotatable bonds is 8. The minimum absolute atomic E-state index is 0.00538. The van der Waals surface area contributed by atoms with Crippen molar-refractivity contribution < 1.29 is 23.1 Å². The number of hydrogen-bond donors (Lipinski definition) is 1. The molecule has 2 unspecified atom stereocenters. The first-order valence-corrected chi connectivity index (χ1v) is 7.35. The molecule has 1 fully saturated rings. The molecule has 2 amide bonds. The van der Waals surface area contributed by atoms with Crippen LogP contribution in [0.4, 0.5) is 8.78 Å². The Hall–Kier alpha value is -1.24. The molecule has 1 rings (SSSR count). The zero-order valence-electron chi connectivity index (χ0n) is 12.8. The van der Waals surface area contributed by atoms with Crippen molar-refractivity contribution >= 4 is 11.8 Å². The summed E-state index contributed by atoms with van der Waals surface area (Å²) in [4.78, 5) is 26.0. The molecule has 21 heavy (non-hydrogen) atoms. The third-order valence-electron chi connectivity index (χ3n) is 3.43. The Kier molecular flexibility index (Phi) is 7.01. The van der Waals surface area contributed by atoms with Crippen LogP contribution in [0.15, 0.2) is 0 Å². The van der Waals surface area contributed by atoms with Gasteiger partial charge in [-0.2, -0.15) is 0 Å². The van der Waals surface area contributed by atoms with Gasteiger partial charge in [0.05, 0.1) is 6.61 Å². The minimum Gasteiger partial charge on any atom is -0.374 e. The molecule has 0 aromatic heterocycles. The van der Waals surface area contributed by atoms with Crippen molar-refractivity contribution in [3.8, 4) is 0 Å². The van der Waals surface area contributed by atoms with E-state index in [1.165, 1.54) is 4.90 Å². The summed E-state index contributed by atoms with van der Waals surface area (Å²) >= 11 is 0. The fourth-order valence-electron chi connectivity index (χ4n) is 2.53. The number of alkyl halides is 2. The van der Waals surface area contributed by atoms with Crippen LogP contribution in [0.1, 0.15) is 33.6 Å². The van der Waals surface area contributed by atoms with Crippen LogP contribution in [0.2, 0.25) is 0 Å². The fraction of sp³-hybridized carbons (Fsp3) is 0.857. The van der Waals surface area contributed by atoms with Gasteiger partial charge in [0.25, 0.3) is 6.43 Å². The van der Waals surface area contributed by atoms with E-state index < -0.39 is 25.1 Å². The summed E-state index contributed by atoms with van der Waals surface area (Å²) in [6.07, 6.45) is -1.18. The highest BCUT2D eigenvalue weighted by atomic mass is 19.3. The average Bonchev–Trinajstić information content (AvgIpc) is 2.38. The van der Waals surface area contributed by atoms with Gasteiger partial charge in [-0.3, -0.25) is 9.59 Å². The number of piperazine rings is 1. The van der Waals surface area contributed by atoms with E-state index in [1.807, 2.05) is 20.8 Å². The molecule has 5 nitrogen and oxygen atoms in total. The van der Waals surface area contributed by atoms with Gasteiger partial charge in [0.1, 0.15) is 18.7 Å². The lowest BCUT2D eigenvalue weighted by Crippen LogP contribution is -2.65. The summed E-state index contributed by atoms with van der Waals surface area (Å²) in [7, 11) is 0. The highest BCUT2D eigenvalue weighted by Crippen LogP contribution is 2.19. The Morgan fingerprint density at radius 1 is 1.33 bits per heavy atom. The molecule has 0 aromatic rings. The van der Waals surface area contributed by atoms with Crippen molar-refractivity contribution in [1.82, 2.24) is 10.2 Å². The zero-order chi connectivity index (χ0) is 16.0. The van der Waals surface area contributed by atoms with Crippen molar-refractivity contribution in [3.63, 3.8) is 0 Å². The molecule has 0 aromatic carbocycles. The van der Waals surface area contributed by atoms with E-state index in [-0.39, 0.29) is 30.9 Å². The first kappa shape index (κ1) is 17.8. The second-order valence-corrected chi connectivity index (χ2v) is 5.54. The van der Waals surface area contributed by atoms with Crippen LogP contribution in [0, 0.1) is 5.92 Å². The van der Waals surface area contributed by atoms with E-state index in [4.69, 9.17) is 4.74 Å². The van der Waals surface area contributed by atoms with E-state index >= 15 is 0 Å². The Labute approximate surface area is 124 Å². The predicted octanol–water partition coefficient (Wildman–Crippen LogP) is 1.42. The molecule has 0 radical (unpaired) electrons. The standard InChI is InChI=1S/C14H24F2N2O3/c1-4-5-10-14(20)18(6-7-21-8-11(15)16)12(9(2)3)13(19)17-10/h9-12H,4-8H2,1-3H3,(H,17,19). The molecule has 0 saturated carbocycles. The van der Waals surface area contributed by atoms with E-state index in [0.29, 0.717) is 6.42 Å². The molecule has 0 bridgehead atoms. The third-order valence-corrected chi connectivity index (χ3v) is 3.43. The maximum Gasteiger partial charge on any atom is 0.261 e. The van der Waals surface area contributed by atoms with E-state index in [0.717, 1.165) is 6.42 Å². The normalized spacial score (nSPS) is 23.1. The first-order chi connectivity index (χ1) is 9.88. The van der Waals surface area contributed by atoms with Gasteiger partial charge < -0.3 is 15.0 Å². The number of ether oxygens (including phenoxy) is 1. The lowest BCUT2D eigenvalue weighted by atomic mass is 9.95. The molecule has 1 saturated heterocycles. The summed E-state index contributed by atoms with van der Waals surface area (Å²) in [5, 5.41) is 2.75. The third kappa shape index (κ3) is 4.91. The van der Waals surface area contributed by atoms with Crippen LogP contribution in [0.25, 0.3) is 0 Å². The number of carbonyl (C=O) groups is 2. The van der Waals surface area contributed by atoms with Gasteiger partial charge in [-0.15, -0.1) is 0 Å². The number of nitrogens with zero attached hydrogens (tertiary/aromatic N) is 1. The molecule has 1 heterocycles. The topological polar surface area (TPSA) is 58.6 Å². The largest absolute Gasteiger partial charge is 0.374 e. The minimum atomic E-state index is -2.53. The lowest BCUT2D eigenvalue weighted by Gasteiger charge is -2.40. The van der Waals surface area contributed by atoms with Gasteiger partial charge in [-0.25, -0.2) is 8.78 Å². The van der Waals surface area contributed by atoms with Crippen molar-refractivity contribution in [3.05, 3.63) is 0 Å². The molecule has 7 heteroatoms. The number of hydrogen-bond acceptors (Lipinski definition) is 3. The van der Waals surface area contributed by atoms with Gasteiger partial charge in [0, 0.05) is 6.54 Å². The first-order valence-electron chi connectivity index (χ1n) is 7.35. The monoisotopic (exact) mass is 306 g/mol. The number of carbonyl (C=O) groups excluding carboxylic acids is 2. The fourth-order valence-corrected chi connectivity index (χ4v) is 2.53. The molecular formula is C14H24F2N2O3. The highest BCUT2D eigenvalue weighted by Gasteiger charge is 2.41. The van der Waals surface area contributed by atoms with Crippen LogP contribution >= 0.6 is 0 Å². The van der Waals surface area contributed by atoms with Crippen molar-refractivity contribution in [2.24, 2.45) is 5.92 Å². The van der Waals surface area contributed by atoms with Gasteiger partial charge in [-0.1, -0.05) is 27.2 Å². The van der Waals surface area contributed by atoms with Crippen molar-refractivity contribution in [2.45, 2.75) is 52.1 Å². The Bertz CT molecular complexity index is 364.